The lowest BCUT2D eigenvalue weighted by Crippen LogP contribution is -2.48. The minimum absolute atomic E-state index is 0.0359. The van der Waals surface area contributed by atoms with Crippen molar-refractivity contribution in [2.75, 3.05) is 60.9 Å². The number of anilines is 3. The molecule has 4 rings (SSSR count). The Balaban J connectivity index is 1.23. The number of nitrogens with one attached hydrogen (secondary N) is 1. The molecule has 2 aromatic rings. The van der Waals surface area contributed by atoms with Crippen LogP contribution in [-0.2, 0) is 4.79 Å². The highest BCUT2D eigenvalue weighted by Crippen LogP contribution is 2.22. The molecule has 0 unspecified atom stereocenters. The van der Waals surface area contributed by atoms with E-state index in [1.807, 2.05) is 24.3 Å². The number of aromatic hydroxyl groups is 1. The molecular formula is C23H30N4O2. The third-order valence-electron chi connectivity index (χ3n) is 5.83. The van der Waals surface area contributed by atoms with E-state index in [4.69, 9.17) is 0 Å². The standard InChI is InChI=1S/C23H30N4O2/c28-22-10-8-21(9-11-22)27-16-14-25(15-17-27)18-23(29)24-19-4-6-20(7-5-19)26-12-2-1-3-13-26/h4-11,28H,1-3,12-18H2,(H,24,29). The van der Waals surface area contributed by atoms with Gasteiger partial charge in [-0.2, -0.15) is 0 Å². The quantitative estimate of drug-likeness (QED) is 0.816. The van der Waals surface area contributed by atoms with Crippen LogP contribution < -0.4 is 15.1 Å². The molecular weight excluding hydrogens is 364 g/mol. The van der Waals surface area contributed by atoms with Gasteiger partial charge < -0.3 is 20.2 Å². The smallest absolute Gasteiger partial charge is 0.238 e. The Bertz CT molecular complexity index is 793. The highest BCUT2D eigenvalue weighted by molar-refractivity contribution is 5.92. The summed E-state index contributed by atoms with van der Waals surface area (Å²) in [5.41, 5.74) is 3.22. The Morgan fingerprint density at radius 3 is 1.93 bits per heavy atom. The lowest BCUT2D eigenvalue weighted by molar-refractivity contribution is -0.117. The molecule has 2 aromatic carbocycles. The number of rotatable bonds is 5. The predicted molar refractivity (Wildman–Crippen MR) is 118 cm³/mol. The number of phenolic OH excluding ortho intramolecular Hbond substituents is 1. The van der Waals surface area contributed by atoms with Gasteiger partial charge in [0, 0.05) is 56.3 Å². The Hall–Kier alpha value is -2.73. The van der Waals surface area contributed by atoms with Crippen molar-refractivity contribution in [3.05, 3.63) is 48.5 Å². The van der Waals surface area contributed by atoms with Gasteiger partial charge >= 0.3 is 0 Å². The van der Waals surface area contributed by atoms with Crippen LogP contribution in [0.25, 0.3) is 0 Å². The van der Waals surface area contributed by atoms with Crippen LogP contribution >= 0.6 is 0 Å². The van der Waals surface area contributed by atoms with Crippen molar-refractivity contribution in [2.45, 2.75) is 19.3 Å². The predicted octanol–water partition coefficient (Wildman–Crippen LogP) is 3.14. The van der Waals surface area contributed by atoms with Gasteiger partial charge in [-0.3, -0.25) is 9.69 Å². The van der Waals surface area contributed by atoms with E-state index in [1.165, 1.54) is 24.9 Å². The first kappa shape index (κ1) is 19.6. The fourth-order valence-electron chi connectivity index (χ4n) is 4.14. The van der Waals surface area contributed by atoms with E-state index >= 15 is 0 Å². The topological polar surface area (TPSA) is 59.1 Å². The fraction of sp³-hybridized carbons (Fsp3) is 0.435. The minimum Gasteiger partial charge on any atom is -0.508 e. The molecule has 0 aromatic heterocycles. The number of benzene rings is 2. The van der Waals surface area contributed by atoms with Gasteiger partial charge in [0.15, 0.2) is 0 Å². The van der Waals surface area contributed by atoms with Crippen molar-refractivity contribution in [1.29, 1.82) is 0 Å². The summed E-state index contributed by atoms with van der Waals surface area (Å²) in [6.07, 6.45) is 3.85. The number of piperidine rings is 1. The van der Waals surface area contributed by atoms with Crippen molar-refractivity contribution < 1.29 is 9.90 Å². The number of piperazine rings is 1. The van der Waals surface area contributed by atoms with E-state index in [0.717, 1.165) is 50.6 Å². The number of carbonyl (C=O) groups excluding carboxylic acids is 1. The number of nitrogens with zero attached hydrogens (tertiary/aromatic N) is 3. The van der Waals surface area contributed by atoms with E-state index < -0.39 is 0 Å². The Morgan fingerprint density at radius 2 is 1.31 bits per heavy atom. The molecule has 6 nitrogen and oxygen atoms in total. The van der Waals surface area contributed by atoms with Gasteiger partial charge in [-0.1, -0.05) is 0 Å². The molecule has 154 valence electrons. The Morgan fingerprint density at radius 1 is 0.759 bits per heavy atom. The number of phenols is 1. The molecule has 2 fully saturated rings. The number of amides is 1. The monoisotopic (exact) mass is 394 g/mol. The summed E-state index contributed by atoms with van der Waals surface area (Å²) in [4.78, 5) is 19.3. The normalized spacial score (nSPS) is 17.9. The lowest BCUT2D eigenvalue weighted by atomic mass is 10.1. The van der Waals surface area contributed by atoms with Crippen LogP contribution in [0, 0.1) is 0 Å². The molecule has 0 radical (unpaired) electrons. The molecule has 0 aliphatic carbocycles. The molecule has 2 aliphatic heterocycles. The lowest BCUT2D eigenvalue weighted by Gasteiger charge is -2.35. The van der Waals surface area contributed by atoms with E-state index in [9.17, 15) is 9.90 Å². The zero-order chi connectivity index (χ0) is 20.1. The van der Waals surface area contributed by atoms with Crippen molar-refractivity contribution in [3.63, 3.8) is 0 Å². The second-order valence-corrected chi connectivity index (χ2v) is 7.92. The maximum atomic E-state index is 12.5. The van der Waals surface area contributed by atoms with Gasteiger partial charge in [0.1, 0.15) is 5.75 Å². The molecule has 0 bridgehead atoms. The van der Waals surface area contributed by atoms with Crippen LogP contribution in [-0.4, -0.2) is 61.7 Å². The Kier molecular flexibility index (Phi) is 6.20. The first-order valence-electron chi connectivity index (χ1n) is 10.6. The second-order valence-electron chi connectivity index (χ2n) is 7.92. The van der Waals surface area contributed by atoms with Crippen LogP contribution in [0.4, 0.5) is 17.1 Å². The van der Waals surface area contributed by atoms with Crippen molar-refractivity contribution in [3.8, 4) is 5.75 Å². The van der Waals surface area contributed by atoms with Gasteiger partial charge in [-0.15, -0.1) is 0 Å². The van der Waals surface area contributed by atoms with Gasteiger partial charge in [-0.25, -0.2) is 0 Å². The maximum absolute atomic E-state index is 12.5. The first-order valence-corrected chi connectivity index (χ1v) is 10.6. The van der Waals surface area contributed by atoms with E-state index in [1.54, 1.807) is 12.1 Å². The van der Waals surface area contributed by atoms with Crippen LogP contribution in [0.5, 0.6) is 5.75 Å². The highest BCUT2D eigenvalue weighted by atomic mass is 16.3. The van der Waals surface area contributed by atoms with Crippen molar-refractivity contribution in [2.24, 2.45) is 0 Å². The SMILES string of the molecule is O=C(CN1CCN(c2ccc(O)cc2)CC1)Nc1ccc(N2CCCCC2)cc1. The van der Waals surface area contributed by atoms with Crippen molar-refractivity contribution in [1.82, 2.24) is 4.90 Å². The summed E-state index contributed by atoms with van der Waals surface area (Å²) in [5.74, 6) is 0.321. The molecule has 0 saturated carbocycles. The summed E-state index contributed by atoms with van der Waals surface area (Å²) in [6.45, 7) is 6.12. The maximum Gasteiger partial charge on any atom is 0.238 e. The highest BCUT2D eigenvalue weighted by Gasteiger charge is 2.19. The number of carbonyl (C=O) groups is 1. The van der Waals surface area contributed by atoms with E-state index in [0.29, 0.717) is 6.54 Å². The summed E-state index contributed by atoms with van der Waals surface area (Å²) in [6, 6.07) is 15.5. The van der Waals surface area contributed by atoms with Crippen LogP contribution in [0.3, 0.4) is 0 Å². The zero-order valence-corrected chi connectivity index (χ0v) is 16.9. The summed E-state index contributed by atoms with van der Waals surface area (Å²) < 4.78 is 0. The second kappa shape index (κ2) is 9.18. The molecule has 2 heterocycles. The molecule has 0 atom stereocenters. The summed E-state index contributed by atoms with van der Waals surface area (Å²) >= 11 is 0. The summed E-state index contributed by atoms with van der Waals surface area (Å²) in [5, 5.41) is 12.5. The molecule has 0 spiro atoms. The van der Waals surface area contributed by atoms with Gasteiger partial charge in [-0.05, 0) is 67.8 Å². The molecule has 2 saturated heterocycles. The van der Waals surface area contributed by atoms with Crippen LogP contribution in [0.1, 0.15) is 19.3 Å². The number of hydrogen-bond donors (Lipinski definition) is 2. The van der Waals surface area contributed by atoms with Crippen LogP contribution in [0.15, 0.2) is 48.5 Å². The molecule has 2 N–H and O–H groups in total. The molecule has 2 aliphatic rings. The fourth-order valence-corrected chi connectivity index (χ4v) is 4.14. The van der Waals surface area contributed by atoms with Crippen molar-refractivity contribution >= 4 is 23.0 Å². The average molecular weight is 395 g/mol. The van der Waals surface area contributed by atoms with Gasteiger partial charge in [0.2, 0.25) is 5.91 Å². The third-order valence-corrected chi connectivity index (χ3v) is 5.83. The van der Waals surface area contributed by atoms with E-state index in [-0.39, 0.29) is 11.7 Å². The van der Waals surface area contributed by atoms with Gasteiger partial charge in [0.25, 0.3) is 0 Å². The average Bonchev–Trinajstić information content (AvgIpc) is 2.76. The minimum atomic E-state index is 0.0359. The van der Waals surface area contributed by atoms with Crippen LogP contribution in [0.2, 0.25) is 0 Å². The summed E-state index contributed by atoms with van der Waals surface area (Å²) in [7, 11) is 0. The number of hydrogen-bond acceptors (Lipinski definition) is 5. The third kappa shape index (κ3) is 5.21. The molecule has 1 amide bonds. The first-order chi connectivity index (χ1) is 14.2. The molecule has 29 heavy (non-hydrogen) atoms. The zero-order valence-electron chi connectivity index (χ0n) is 16.9. The molecule has 6 heteroatoms. The largest absolute Gasteiger partial charge is 0.508 e. The Labute approximate surface area is 172 Å². The van der Waals surface area contributed by atoms with Gasteiger partial charge in [0.05, 0.1) is 6.54 Å². The van der Waals surface area contributed by atoms with E-state index in [2.05, 4.69) is 32.1 Å².